The largest absolute Gasteiger partial charge is 0.478 e. The maximum atomic E-state index is 12.8. The van der Waals surface area contributed by atoms with Gasteiger partial charge in [0.15, 0.2) is 0 Å². The highest BCUT2D eigenvalue weighted by Gasteiger charge is 2.15. The Balaban J connectivity index is 2.58. The van der Waals surface area contributed by atoms with Crippen LogP contribution in [0.15, 0.2) is 29.6 Å². The molecule has 1 aromatic carbocycles. The number of aryl methyl sites for hydroxylation is 1. The van der Waals surface area contributed by atoms with Gasteiger partial charge in [0.1, 0.15) is 5.82 Å². The summed E-state index contributed by atoms with van der Waals surface area (Å²) in [6, 6.07) is 5.85. The van der Waals surface area contributed by atoms with Gasteiger partial charge in [-0.25, -0.2) is 9.18 Å². The molecule has 16 heavy (non-hydrogen) atoms. The zero-order valence-electron chi connectivity index (χ0n) is 8.53. The van der Waals surface area contributed by atoms with Crippen LogP contribution in [0.3, 0.4) is 0 Å². The Morgan fingerprint density at radius 2 is 1.94 bits per heavy atom. The summed E-state index contributed by atoms with van der Waals surface area (Å²) in [6.07, 6.45) is 0. The van der Waals surface area contributed by atoms with E-state index in [9.17, 15) is 9.18 Å². The van der Waals surface area contributed by atoms with Gasteiger partial charge in [-0.15, -0.1) is 11.3 Å². The molecule has 1 heterocycles. The third-order valence-electron chi connectivity index (χ3n) is 2.34. The SMILES string of the molecule is Cc1scc(C(=O)O)c1-c1ccc(F)cc1. The number of thiophene rings is 1. The Hall–Kier alpha value is -1.68. The molecule has 1 aromatic heterocycles. The van der Waals surface area contributed by atoms with Crippen molar-refractivity contribution in [3.05, 3.63) is 45.9 Å². The maximum absolute atomic E-state index is 12.8. The fourth-order valence-electron chi connectivity index (χ4n) is 1.59. The summed E-state index contributed by atoms with van der Waals surface area (Å²) in [5.41, 5.74) is 1.68. The summed E-state index contributed by atoms with van der Waals surface area (Å²) in [6.45, 7) is 1.86. The number of halogens is 1. The molecular formula is C12H9FO2S. The summed E-state index contributed by atoms with van der Waals surface area (Å²) >= 11 is 1.38. The van der Waals surface area contributed by atoms with Crippen molar-refractivity contribution in [2.45, 2.75) is 6.92 Å². The number of rotatable bonds is 2. The molecule has 0 spiro atoms. The molecule has 0 aliphatic heterocycles. The van der Waals surface area contributed by atoms with E-state index in [4.69, 9.17) is 5.11 Å². The lowest BCUT2D eigenvalue weighted by molar-refractivity contribution is 0.0698. The fourth-order valence-corrected chi connectivity index (χ4v) is 2.45. The first kappa shape index (κ1) is 10.8. The van der Waals surface area contributed by atoms with E-state index < -0.39 is 5.97 Å². The van der Waals surface area contributed by atoms with Crippen molar-refractivity contribution in [2.24, 2.45) is 0 Å². The van der Waals surface area contributed by atoms with Crippen LogP contribution >= 0.6 is 11.3 Å². The lowest BCUT2D eigenvalue weighted by atomic mass is 10.0. The molecule has 0 unspecified atom stereocenters. The molecule has 0 bridgehead atoms. The predicted molar refractivity (Wildman–Crippen MR) is 61.4 cm³/mol. The Bertz CT molecular complexity index is 528. The molecule has 0 aliphatic carbocycles. The van der Waals surface area contributed by atoms with Crippen molar-refractivity contribution in [2.75, 3.05) is 0 Å². The Morgan fingerprint density at radius 1 is 1.31 bits per heavy atom. The van der Waals surface area contributed by atoms with Crippen LogP contribution in [0, 0.1) is 12.7 Å². The van der Waals surface area contributed by atoms with Crippen molar-refractivity contribution in [3.63, 3.8) is 0 Å². The Morgan fingerprint density at radius 3 is 2.50 bits per heavy atom. The van der Waals surface area contributed by atoms with E-state index in [1.54, 1.807) is 17.5 Å². The number of benzene rings is 1. The Labute approximate surface area is 96.0 Å². The lowest BCUT2D eigenvalue weighted by Gasteiger charge is -2.02. The average molecular weight is 236 g/mol. The maximum Gasteiger partial charge on any atom is 0.337 e. The van der Waals surface area contributed by atoms with Crippen LogP contribution in [0.2, 0.25) is 0 Å². The highest BCUT2D eigenvalue weighted by molar-refractivity contribution is 7.10. The summed E-state index contributed by atoms with van der Waals surface area (Å²) in [7, 11) is 0. The molecule has 2 rings (SSSR count). The minimum absolute atomic E-state index is 0.272. The van der Waals surface area contributed by atoms with Crippen molar-refractivity contribution in [1.29, 1.82) is 0 Å². The van der Waals surface area contributed by atoms with E-state index in [2.05, 4.69) is 0 Å². The number of aromatic carboxylic acids is 1. The van der Waals surface area contributed by atoms with E-state index in [0.29, 0.717) is 5.56 Å². The quantitative estimate of drug-likeness (QED) is 0.865. The van der Waals surface area contributed by atoms with Crippen molar-refractivity contribution < 1.29 is 14.3 Å². The van der Waals surface area contributed by atoms with Gasteiger partial charge in [-0.1, -0.05) is 12.1 Å². The second-order valence-corrected chi connectivity index (χ2v) is 4.48. The van der Waals surface area contributed by atoms with E-state index >= 15 is 0 Å². The zero-order chi connectivity index (χ0) is 11.7. The summed E-state index contributed by atoms with van der Waals surface area (Å²) in [5.74, 6) is -1.28. The highest BCUT2D eigenvalue weighted by Crippen LogP contribution is 2.32. The smallest absolute Gasteiger partial charge is 0.337 e. The van der Waals surface area contributed by atoms with E-state index in [1.165, 1.54) is 23.5 Å². The van der Waals surface area contributed by atoms with Crippen LogP contribution in [0.4, 0.5) is 4.39 Å². The van der Waals surface area contributed by atoms with Crippen molar-refractivity contribution in [3.8, 4) is 11.1 Å². The molecule has 0 aliphatic rings. The van der Waals surface area contributed by atoms with E-state index in [1.807, 2.05) is 6.92 Å². The molecule has 0 amide bonds. The molecule has 0 saturated carbocycles. The Kier molecular flexibility index (Phi) is 2.75. The van der Waals surface area contributed by atoms with Gasteiger partial charge in [-0.2, -0.15) is 0 Å². The summed E-state index contributed by atoms with van der Waals surface area (Å²) in [5, 5.41) is 10.6. The van der Waals surface area contributed by atoms with Gasteiger partial charge < -0.3 is 5.11 Å². The molecule has 2 nitrogen and oxygen atoms in total. The number of carboxylic acid groups (broad SMARTS) is 1. The second kappa shape index (κ2) is 4.06. The van der Waals surface area contributed by atoms with Crippen LogP contribution in [-0.2, 0) is 0 Å². The summed E-state index contributed by atoms with van der Waals surface area (Å²) < 4.78 is 12.8. The van der Waals surface area contributed by atoms with Gasteiger partial charge in [0.05, 0.1) is 5.56 Å². The predicted octanol–water partition coefficient (Wildman–Crippen LogP) is 3.56. The first-order chi connectivity index (χ1) is 7.59. The molecule has 82 valence electrons. The third-order valence-corrected chi connectivity index (χ3v) is 3.25. The minimum Gasteiger partial charge on any atom is -0.478 e. The number of hydrogen-bond acceptors (Lipinski definition) is 2. The van der Waals surface area contributed by atoms with Crippen molar-refractivity contribution in [1.82, 2.24) is 0 Å². The molecule has 2 aromatic rings. The monoisotopic (exact) mass is 236 g/mol. The summed E-state index contributed by atoms with van der Waals surface area (Å²) in [4.78, 5) is 11.9. The van der Waals surface area contributed by atoms with Crippen LogP contribution in [0.25, 0.3) is 11.1 Å². The second-order valence-electron chi connectivity index (χ2n) is 3.39. The number of carbonyl (C=O) groups is 1. The van der Waals surface area contributed by atoms with Crippen LogP contribution < -0.4 is 0 Å². The molecule has 0 saturated heterocycles. The highest BCUT2D eigenvalue weighted by atomic mass is 32.1. The first-order valence-electron chi connectivity index (χ1n) is 4.67. The molecular weight excluding hydrogens is 227 g/mol. The van der Waals surface area contributed by atoms with Gasteiger partial charge in [-0.05, 0) is 24.6 Å². The third kappa shape index (κ3) is 1.84. The fraction of sp³-hybridized carbons (Fsp3) is 0.0833. The van der Waals surface area contributed by atoms with Crippen molar-refractivity contribution >= 4 is 17.3 Å². The standard InChI is InChI=1S/C12H9FO2S/c1-7-11(10(6-16-7)12(14)15)8-2-4-9(13)5-3-8/h2-6H,1H3,(H,14,15). The van der Waals surface area contributed by atoms with Crippen LogP contribution in [0.5, 0.6) is 0 Å². The molecule has 0 atom stereocenters. The molecule has 0 radical (unpaired) electrons. The van der Waals surface area contributed by atoms with Gasteiger partial charge in [0, 0.05) is 15.8 Å². The molecule has 1 N–H and O–H groups in total. The first-order valence-corrected chi connectivity index (χ1v) is 5.55. The minimum atomic E-state index is -0.955. The zero-order valence-corrected chi connectivity index (χ0v) is 9.34. The molecule has 0 fully saturated rings. The van der Waals surface area contributed by atoms with E-state index in [-0.39, 0.29) is 11.4 Å². The lowest BCUT2D eigenvalue weighted by Crippen LogP contribution is -1.96. The van der Waals surface area contributed by atoms with Gasteiger partial charge in [-0.3, -0.25) is 0 Å². The average Bonchev–Trinajstić information content (AvgIpc) is 2.62. The van der Waals surface area contributed by atoms with Gasteiger partial charge in [0.2, 0.25) is 0 Å². The van der Waals surface area contributed by atoms with Crippen LogP contribution in [0.1, 0.15) is 15.2 Å². The topological polar surface area (TPSA) is 37.3 Å². The van der Waals surface area contributed by atoms with E-state index in [0.717, 1.165) is 10.4 Å². The van der Waals surface area contributed by atoms with Gasteiger partial charge >= 0.3 is 5.97 Å². The normalized spacial score (nSPS) is 10.4. The number of carboxylic acids is 1. The molecule has 4 heteroatoms. The van der Waals surface area contributed by atoms with Gasteiger partial charge in [0.25, 0.3) is 0 Å². The van der Waals surface area contributed by atoms with Crippen LogP contribution in [-0.4, -0.2) is 11.1 Å². The number of hydrogen-bond donors (Lipinski definition) is 1.